The van der Waals surface area contributed by atoms with Gasteiger partial charge >= 0.3 is 0 Å². The van der Waals surface area contributed by atoms with Gasteiger partial charge in [0.15, 0.2) is 0 Å². The SMILES string of the molecule is CCc1cccc(Nc2cc(Sc3ccc(Oc4ccc(Sc5ccc(Oc6ccccc6)cc5)cc4)cc3)ncn2)c1. The second-order valence-electron chi connectivity index (χ2n) is 9.56. The lowest BCUT2D eigenvalue weighted by Crippen LogP contribution is -1.95. The van der Waals surface area contributed by atoms with E-state index in [1.165, 1.54) is 5.56 Å². The largest absolute Gasteiger partial charge is 0.457 e. The molecule has 7 heteroatoms. The van der Waals surface area contributed by atoms with Crippen molar-refractivity contribution in [1.82, 2.24) is 9.97 Å². The molecular weight excluding hydrogens is 571 g/mol. The molecule has 212 valence electrons. The van der Waals surface area contributed by atoms with Crippen LogP contribution in [0.3, 0.4) is 0 Å². The van der Waals surface area contributed by atoms with E-state index in [9.17, 15) is 0 Å². The molecule has 6 rings (SSSR count). The predicted molar refractivity (Wildman–Crippen MR) is 175 cm³/mol. The molecule has 0 aliphatic carbocycles. The lowest BCUT2D eigenvalue weighted by molar-refractivity contribution is 0.482. The molecule has 6 aromatic rings. The normalized spacial score (nSPS) is 10.7. The number of nitrogens with one attached hydrogen (secondary N) is 1. The van der Waals surface area contributed by atoms with E-state index in [0.29, 0.717) is 0 Å². The minimum atomic E-state index is 0.765. The standard InChI is InChI=1S/C36H29N3O2S2/c1-2-26-7-6-8-27(23-26)39-35-24-36(38-25-37-35)43-34-21-15-31(16-22-34)41-30-13-19-33(20-14-30)42-32-17-11-29(12-18-32)40-28-9-4-3-5-10-28/h3-25H,2H2,1H3,(H,37,38,39). The topological polar surface area (TPSA) is 56.3 Å². The molecule has 1 N–H and O–H groups in total. The number of hydrogen-bond donors (Lipinski definition) is 1. The molecule has 1 aromatic heterocycles. The van der Waals surface area contributed by atoms with E-state index in [1.807, 2.05) is 91.0 Å². The summed E-state index contributed by atoms with van der Waals surface area (Å²) in [7, 11) is 0. The lowest BCUT2D eigenvalue weighted by atomic mass is 10.1. The molecule has 0 saturated heterocycles. The Bertz CT molecular complexity index is 1760. The molecule has 0 spiro atoms. The highest BCUT2D eigenvalue weighted by Gasteiger charge is 2.06. The first-order valence-electron chi connectivity index (χ1n) is 13.9. The van der Waals surface area contributed by atoms with Gasteiger partial charge in [0.25, 0.3) is 0 Å². The van der Waals surface area contributed by atoms with Gasteiger partial charge in [-0.3, -0.25) is 0 Å². The molecule has 0 bridgehead atoms. The van der Waals surface area contributed by atoms with E-state index < -0.39 is 0 Å². The van der Waals surface area contributed by atoms with E-state index >= 15 is 0 Å². The van der Waals surface area contributed by atoms with Gasteiger partial charge in [0.2, 0.25) is 0 Å². The van der Waals surface area contributed by atoms with Crippen LogP contribution in [0.15, 0.2) is 159 Å². The molecule has 0 saturated carbocycles. The van der Waals surface area contributed by atoms with Gasteiger partial charge in [-0.05, 0) is 109 Å². The van der Waals surface area contributed by atoms with Crippen molar-refractivity contribution in [3.8, 4) is 23.0 Å². The van der Waals surface area contributed by atoms with Gasteiger partial charge in [0.1, 0.15) is 40.2 Å². The van der Waals surface area contributed by atoms with Crippen LogP contribution >= 0.6 is 23.5 Å². The lowest BCUT2D eigenvalue weighted by Gasteiger charge is -2.09. The summed E-state index contributed by atoms with van der Waals surface area (Å²) < 4.78 is 12.0. The third-order valence-corrected chi connectivity index (χ3v) is 8.35. The summed E-state index contributed by atoms with van der Waals surface area (Å²) in [5.74, 6) is 3.97. The fourth-order valence-corrected chi connectivity index (χ4v) is 5.83. The molecule has 0 unspecified atom stereocenters. The van der Waals surface area contributed by atoms with Gasteiger partial charge in [-0.1, -0.05) is 60.8 Å². The average Bonchev–Trinajstić information content (AvgIpc) is 3.05. The van der Waals surface area contributed by atoms with Crippen LogP contribution in [-0.4, -0.2) is 9.97 Å². The summed E-state index contributed by atoms with van der Waals surface area (Å²) in [6.07, 6.45) is 2.58. The van der Waals surface area contributed by atoms with Crippen LogP contribution in [-0.2, 0) is 6.42 Å². The molecule has 0 aliphatic rings. The van der Waals surface area contributed by atoms with Crippen molar-refractivity contribution < 1.29 is 9.47 Å². The minimum absolute atomic E-state index is 0.765. The number of aromatic nitrogens is 2. The number of para-hydroxylation sites is 1. The molecule has 0 radical (unpaired) electrons. The van der Waals surface area contributed by atoms with Crippen LogP contribution in [0.5, 0.6) is 23.0 Å². The summed E-state index contributed by atoms with van der Waals surface area (Å²) in [6, 6.07) is 44.4. The van der Waals surface area contributed by atoms with Crippen molar-refractivity contribution in [3.63, 3.8) is 0 Å². The van der Waals surface area contributed by atoms with Crippen molar-refractivity contribution >= 4 is 35.0 Å². The van der Waals surface area contributed by atoms with Crippen LogP contribution in [0.2, 0.25) is 0 Å². The smallest absolute Gasteiger partial charge is 0.134 e. The summed E-state index contributed by atoms with van der Waals surface area (Å²) in [6.45, 7) is 2.15. The molecule has 43 heavy (non-hydrogen) atoms. The first kappa shape index (κ1) is 28.4. The quantitative estimate of drug-likeness (QED) is 0.149. The Hall–Kier alpha value is -4.72. The molecular formula is C36H29N3O2S2. The van der Waals surface area contributed by atoms with E-state index in [0.717, 1.165) is 60.6 Å². The maximum Gasteiger partial charge on any atom is 0.134 e. The molecule has 5 nitrogen and oxygen atoms in total. The van der Waals surface area contributed by atoms with Crippen molar-refractivity contribution in [2.24, 2.45) is 0 Å². The average molecular weight is 600 g/mol. The van der Waals surface area contributed by atoms with Gasteiger partial charge in [0.05, 0.1) is 0 Å². The number of rotatable bonds is 11. The molecule has 0 atom stereocenters. The minimum Gasteiger partial charge on any atom is -0.457 e. The first-order chi connectivity index (χ1) is 21.2. The molecule has 0 fully saturated rings. The van der Waals surface area contributed by atoms with Crippen molar-refractivity contribution in [1.29, 1.82) is 0 Å². The number of anilines is 2. The fraction of sp³-hybridized carbons (Fsp3) is 0.0556. The zero-order chi connectivity index (χ0) is 29.3. The van der Waals surface area contributed by atoms with E-state index in [2.05, 4.69) is 64.7 Å². The van der Waals surface area contributed by atoms with Gasteiger partial charge in [0, 0.05) is 26.4 Å². The predicted octanol–water partition coefficient (Wildman–Crippen LogP) is 10.7. The summed E-state index contributed by atoms with van der Waals surface area (Å²) in [5, 5.41) is 4.24. The van der Waals surface area contributed by atoms with Gasteiger partial charge in [-0.2, -0.15) is 0 Å². The maximum absolute atomic E-state index is 6.09. The second-order valence-corrected chi connectivity index (χ2v) is 11.8. The van der Waals surface area contributed by atoms with Crippen LogP contribution in [0.1, 0.15) is 12.5 Å². The number of aryl methyl sites for hydroxylation is 1. The summed E-state index contributed by atoms with van der Waals surface area (Å²) in [5.41, 5.74) is 2.30. The van der Waals surface area contributed by atoms with Gasteiger partial charge in [-0.15, -0.1) is 0 Å². The van der Waals surface area contributed by atoms with Crippen molar-refractivity contribution in [2.75, 3.05) is 5.32 Å². The molecule has 0 aliphatic heterocycles. The number of benzene rings is 5. The maximum atomic E-state index is 6.09. The third kappa shape index (κ3) is 8.19. The van der Waals surface area contributed by atoms with Gasteiger partial charge in [-0.25, -0.2) is 9.97 Å². The number of ether oxygens (including phenoxy) is 2. The Morgan fingerprint density at radius 2 is 1.12 bits per heavy atom. The highest BCUT2D eigenvalue weighted by molar-refractivity contribution is 7.99. The highest BCUT2D eigenvalue weighted by atomic mass is 32.2. The van der Waals surface area contributed by atoms with Crippen LogP contribution in [0, 0.1) is 0 Å². The number of hydrogen-bond acceptors (Lipinski definition) is 7. The number of nitrogens with zero attached hydrogens (tertiary/aromatic N) is 2. The van der Waals surface area contributed by atoms with Crippen LogP contribution < -0.4 is 14.8 Å². The summed E-state index contributed by atoms with van der Waals surface area (Å²) >= 11 is 3.28. The highest BCUT2D eigenvalue weighted by Crippen LogP contribution is 2.33. The van der Waals surface area contributed by atoms with Gasteiger partial charge < -0.3 is 14.8 Å². The van der Waals surface area contributed by atoms with Crippen LogP contribution in [0.4, 0.5) is 11.5 Å². The fourth-order valence-electron chi connectivity index (χ4n) is 4.23. The zero-order valence-electron chi connectivity index (χ0n) is 23.5. The van der Waals surface area contributed by atoms with E-state index in [1.54, 1.807) is 29.9 Å². The first-order valence-corrected chi connectivity index (χ1v) is 15.6. The Morgan fingerprint density at radius 1 is 0.558 bits per heavy atom. The monoisotopic (exact) mass is 599 g/mol. The van der Waals surface area contributed by atoms with E-state index in [4.69, 9.17) is 9.47 Å². The zero-order valence-corrected chi connectivity index (χ0v) is 25.1. The van der Waals surface area contributed by atoms with Crippen LogP contribution in [0.25, 0.3) is 0 Å². The Kier molecular flexibility index (Phi) is 9.22. The van der Waals surface area contributed by atoms with Crippen molar-refractivity contribution in [2.45, 2.75) is 33.1 Å². The third-order valence-electron chi connectivity index (χ3n) is 6.39. The van der Waals surface area contributed by atoms with Crippen molar-refractivity contribution in [3.05, 3.63) is 145 Å². The summed E-state index contributed by atoms with van der Waals surface area (Å²) in [4.78, 5) is 12.1. The Balaban J connectivity index is 1.01. The Labute approximate surface area is 260 Å². The molecule has 5 aromatic carbocycles. The molecule has 1 heterocycles. The second kappa shape index (κ2) is 14.0. The Morgan fingerprint density at radius 3 is 1.70 bits per heavy atom. The van der Waals surface area contributed by atoms with E-state index in [-0.39, 0.29) is 0 Å². The molecule has 0 amide bonds.